The normalized spacial score (nSPS) is 15.1. The van der Waals surface area contributed by atoms with Crippen molar-refractivity contribution >= 4 is 16.7 Å². The molecule has 1 fully saturated rings. The third kappa shape index (κ3) is 5.12. The molecule has 4 rings (SSSR count). The van der Waals surface area contributed by atoms with Crippen LogP contribution in [-0.4, -0.2) is 66.1 Å². The quantitative estimate of drug-likeness (QED) is 0.558. The highest BCUT2D eigenvalue weighted by atomic mass is 19.1. The van der Waals surface area contributed by atoms with Gasteiger partial charge in [0.15, 0.2) is 0 Å². The maximum absolute atomic E-state index is 14.4. The van der Waals surface area contributed by atoms with Crippen molar-refractivity contribution in [2.24, 2.45) is 0 Å². The van der Waals surface area contributed by atoms with Crippen LogP contribution in [0.3, 0.4) is 0 Å². The monoisotopic (exact) mass is 454 g/mol. The number of hydrogen-bond donors (Lipinski definition) is 1. The van der Waals surface area contributed by atoms with Crippen molar-refractivity contribution in [2.75, 3.05) is 45.8 Å². The molecule has 1 aliphatic heterocycles. The number of fused-ring (bicyclic) bond motifs is 1. The van der Waals surface area contributed by atoms with E-state index in [4.69, 9.17) is 0 Å². The molecule has 0 aliphatic carbocycles. The molecular weight excluding hydrogens is 426 g/mol. The molecule has 2 heterocycles. The number of piperazine rings is 1. The average Bonchev–Trinajstić information content (AvgIpc) is 2.83. The lowest BCUT2D eigenvalue weighted by molar-refractivity contribution is 0.0949. The number of aromatic nitrogens is 1. The van der Waals surface area contributed by atoms with Crippen LogP contribution in [0.1, 0.15) is 23.7 Å². The number of halogens is 2. The number of rotatable bonds is 7. The van der Waals surface area contributed by atoms with E-state index >= 15 is 0 Å². The highest BCUT2D eigenvalue weighted by Gasteiger charge is 2.18. The fourth-order valence-corrected chi connectivity index (χ4v) is 4.26. The van der Waals surface area contributed by atoms with Crippen molar-refractivity contribution in [2.45, 2.75) is 13.3 Å². The first-order chi connectivity index (χ1) is 16.0. The zero-order valence-electron chi connectivity index (χ0n) is 18.7. The van der Waals surface area contributed by atoms with Gasteiger partial charge in [0.2, 0.25) is 0 Å². The molecule has 1 N–H and O–H groups in total. The van der Waals surface area contributed by atoms with Crippen molar-refractivity contribution < 1.29 is 13.6 Å². The number of benzene rings is 2. The van der Waals surface area contributed by atoms with Gasteiger partial charge in [0.05, 0.1) is 11.3 Å². The van der Waals surface area contributed by atoms with E-state index in [0.717, 1.165) is 62.4 Å². The summed E-state index contributed by atoms with van der Waals surface area (Å²) in [7, 11) is 0. The predicted molar refractivity (Wildman–Crippen MR) is 125 cm³/mol. The van der Waals surface area contributed by atoms with Gasteiger partial charge < -0.3 is 15.1 Å². The fraction of sp³-hybridized carbons (Fsp3) is 0.360. The summed E-state index contributed by atoms with van der Waals surface area (Å²) < 4.78 is 28.9. The minimum atomic E-state index is -0.873. The molecule has 33 heavy (non-hydrogen) atoms. The van der Waals surface area contributed by atoms with Gasteiger partial charge in [0, 0.05) is 55.8 Å². The largest absolute Gasteiger partial charge is 0.352 e. The SMILES string of the molecule is CCN1CCN(CCCNC(=O)c2cn(-c3ccc(F)cc3F)c(=O)c3ccccc23)CC1. The average molecular weight is 455 g/mol. The van der Waals surface area contributed by atoms with Gasteiger partial charge in [-0.3, -0.25) is 14.2 Å². The lowest BCUT2D eigenvalue weighted by Crippen LogP contribution is -2.46. The zero-order valence-corrected chi connectivity index (χ0v) is 18.7. The summed E-state index contributed by atoms with van der Waals surface area (Å²) in [6.07, 6.45) is 2.14. The Labute approximate surface area is 191 Å². The third-order valence-corrected chi connectivity index (χ3v) is 6.19. The van der Waals surface area contributed by atoms with Gasteiger partial charge in [0.1, 0.15) is 11.6 Å². The van der Waals surface area contributed by atoms with E-state index < -0.39 is 17.2 Å². The molecule has 0 radical (unpaired) electrons. The smallest absolute Gasteiger partial charge is 0.263 e. The van der Waals surface area contributed by atoms with Gasteiger partial charge >= 0.3 is 0 Å². The van der Waals surface area contributed by atoms with Gasteiger partial charge in [-0.15, -0.1) is 0 Å². The molecule has 0 atom stereocenters. The Morgan fingerprint density at radius 2 is 1.70 bits per heavy atom. The first-order valence-electron chi connectivity index (χ1n) is 11.3. The number of nitrogens with zero attached hydrogens (tertiary/aromatic N) is 3. The predicted octanol–water partition coefficient (Wildman–Crippen LogP) is 3.03. The van der Waals surface area contributed by atoms with Crippen molar-refractivity contribution in [3.05, 3.63) is 76.2 Å². The van der Waals surface area contributed by atoms with E-state index in [1.54, 1.807) is 24.3 Å². The van der Waals surface area contributed by atoms with Crippen LogP contribution in [0.2, 0.25) is 0 Å². The van der Waals surface area contributed by atoms with Crippen molar-refractivity contribution in [3.8, 4) is 5.69 Å². The second-order valence-electron chi connectivity index (χ2n) is 8.24. The van der Waals surface area contributed by atoms with E-state index in [9.17, 15) is 18.4 Å². The number of carbonyl (C=O) groups excluding carboxylic acids is 1. The first-order valence-corrected chi connectivity index (χ1v) is 11.3. The highest BCUT2D eigenvalue weighted by Crippen LogP contribution is 2.20. The van der Waals surface area contributed by atoms with E-state index in [1.807, 2.05) is 0 Å². The molecule has 3 aromatic rings. The number of likely N-dealkylation sites (N-methyl/N-ethyl adjacent to an activating group) is 1. The number of carbonyl (C=O) groups is 1. The van der Waals surface area contributed by atoms with Crippen LogP contribution in [-0.2, 0) is 0 Å². The number of amides is 1. The first kappa shape index (κ1) is 23.1. The maximum Gasteiger partial charge on any atom is 0.263 e. The molecule has 1 saturated heterocycles. The third-order valence-electron chi connectivity index (χ3n) is 6.19. The standard InChI is InChI=1S/C25H28F2N4O2/c1-2-29-12-14-30(15-13-29)11-5-10-28-24(32)21-17-31(23-9-8-18(26)16-22(23)27)25(33)20-7-4-3-6-19(20)21/h3-4,6-9,16-17H,2,5,10-15H2,1H3,(H,28,32). The van der Waals surface area contributed by atoms with Crippen LogP contribution >= 0.6 is 0 Å². The summed E-state index contributed by atoms with van der Waals surface area (Å²) in [4.78, 5) is 30.8. The van der Waals surface area contributed by atoms with Gasteiger partial charge in [-0.1, -0.05) is 25.1 Å². The second kappa shape index (κ2) is 10.2. The molecule has 0 spiro atoms. The van der Waals surface area contributed by atoms with Gasteiger partial charge in [0.25, 0.3) is 11.5 Å². The Bertz CT molecular complexity index is 1200. The Morgan fingerprint density at radius 1 is 1.00 bits per heavy atom. The summed E-state index contributed by atoms with van der Waals surface area (Å²) in [5, 5.41) is 3.72. The molecule has 2 aromatic carbocycles. The maximum atomic E-state index is 14.4. The Kier molecular flexibility index (Phi) is 7.15. The van der Waals surface area contributed by atoms with Crippen LogP contribution in [0.15, 0.2) is 53.5 Å². The molecule has 6 nitrogen and oxygen atoms in total. The van der Waals surface area contributed by atoms with E-state index in [2.05, 4.69) is 22.0 Å². The minimum Gasteiger partial charge on any atom is -0.352 e. The van der Waals surface area contributed by atoms with Crippen LogP contribution < -0.4 is 10.9 Å². The Hall–Kier alpha value is -3.10. The van der Waals surface area contributed by atoms with Gasteiger partial charge in [-0.2, -0.15) is 0 Å². The van der Waals surface area contributed by atoms with Crippen molar-refractivity contribution in [3.63, 3.8) is 0 Å². The highest BCUT2D eigenvalue weighted by molar-refractivity contribution is 6.06. The summed E-state index contributed by atoms with van der Waals surface area (Å²) >= 11 is 0. The number of hydrogen-bond acceptors (Lipinski definition) is 4. The lowest BCUT2D eigenvalue weighted by atomic mass is 10.1. The number of nitrogens with one attached hydrogen (secondary N) is 1. The molecule has 0 unspecified atom stereocenters. The molecule has 0 bridgehead atoms. The lowest BCUT2D eigenvalue weighted by Gasteiger charge is -2.33. The van der Waals surface area contributed by atoms with Gasteiger partial charge in [-0.25, -0.2) is 8.78 Å². The van der Waals surface area contributed by atoms with E-state index in [-0.39, 0.29) is 17.2 Å². The van der Waals surface area contributed by atoms with Crippen molar-refractivity contribution in [1.82, 2.24) is 19.7 Å². The Morgan fingerprint density at radius 3 is 2.39 bits per heavy atom. The molecule has 0 saturated carbocycles. The number of pyridine rings is 1. The minimum absolute atomic E-state index is 0.104. The molecule has 174 valence electrons. The molecule has 8 heteroatoms. The topological polar surface area (TPSA) is 57.6 Å². The van der Waals surface area contributed by atoms with Crippen LogP contribution in [0.4, 0.5) is 8.78 Å². The van der Waals surface area contributed by atoms with Crippen LogP contribution in [0, 0.1) is 11.6 Å². The van der Waals surface area contributed by atoms with Crippen LogP contribution in [0.5, 0.6) is 0 Å². The molecule has 1 aromatic heterocycles. The molecule has 1 aliphatic rings. The van der Waals surface area contributed by atoms with E-state index in [0.29, 0.717) is 17.3 Å². The summed E-state index contributed by atoms with van der Waals surface area (Å²) in [6.45, 7) is 8.82. The van der Waals surface area contributed by atoms with Crippen molar-refractivity contribution in [1.29, 1.82) is 0 Å². The molecular formula is C25H28F2N4O2. The van der Waals surface area contributed by atoms with E-state index in [1.165, 1.54) is 12.3 Å². The Balaban J connectivity index is 1.51. The summed E-state index contributed by atoms with van der Waals surface area (Å²) in [5.41, 5.74) is -0.309. The summed E-state index contributed by atoms with van der Waals surface area (Å²) in [5.74, 6) is -1.95. The van der Waals surface area contributed by atoms with Crippen LogP contribution in [0.25, 0.3) is 16.5 Å². The zero-order chi connectivity index (χ0) is 23.4. The van der Waals surface area contributed by atoms with Gasteiger partial charge in [-0.05, 0) is 37.7 Å². The second-order valence-corrected chi connectivity index (χ2v) is 8.24. The fourth-order valence-electron chi connectivity index (χ4n) is 4.26. The molecule has 1 amide bonds. The summed E-state index contributed by atoms with van der Waals surface area (Å²) in [6, 6.07) is 9.73.